The van der Waals surface area contributed by atoms with Gasteiger partial charge < -0.3 is 0 Å². The van der Waals surface area contributed by atoms with E-state index in [9.17, 15) is 0 Å². The predicted molar refractivity (Wildman–Crippen MR) is 177 cm³/mol. The molecule has 1 aliphatic rings. The zero-order valence-electron chi connectivity index (χ0n) is 22.3. The van der Waals surface area contributed by atoms with Gasteiger partial charge in [-0.05, 0) is 0 Å². The Morgan fingerprint density at radius 2 is 1.02 bits per heavy atom. The van der Waals surface area contributed by atoms with Gasteiger partial charge in [0.25, 0.3) is 0 Å². The van der Waals surface area contributed by atoms with Crippen LogP contribution in [0.25, 0.3) is 22.0 Å². The number of aromatic nitrogens is 1. The second-order valence-electron chi connectivity index (χ2n) is 10.9. The van der Waals surface area contributed by atoms with Crippen LogP contribution in [0.4, 0.5) is 0 Å². The van der Waals surface area contributed by atoms with Crippen LogP contribution in [0.1, 0.15) is 30.0 Å². The van der Waals surface area contributed by atoms with Gasteiger partial charge in [-0.3, -0.25) is 0 Å². The van der Waals surface area contributed by atoms with E-state index in [1.807, 2.05) is 0 Å². The fraction of sp³-hybridized carbons (Fsp3) is 0.108. The molecule has 5 aromatic carbocycles. The average Bonchev–Trinajstić information content (AvgIpc) is 3.88. The minimum atomic E-state index is -3.22. The van der Waals surface area contributed by atoms with Gasteiger partial charge in [0.05, 0.1) is 0 Å². The SMILES string of the molecule is BrP(Cc1c(C2CC2)nc2ccccc2c1-c1ccccc1)(c1ccccc1)(c1ccccc1)c1ccccc1. The molecule has 0 amide bonds. The third kappa shape index (κ3) is 4.14. The molecule has 0 atom stereocenters. The van der Waals surface area contributed by atoms with Crippen molar-refractivity contribution in [3.8, 4) is 11.1 Å². The molecule has 6 aromatic rings. The molecule has 0 bridgehead atoms. The maximum absolute atomic E-state index is 5.42. The summed E-state index contributed by atoms with van der Waals surface area (Å²) in [4.78, 5) is 5.42. The van der Waals surface area contributed by atoms with Crippen molar-refractivity contribution in [2.45, 2.75) is 24.9 Å². The van der Waals surface area contributed by atoms with Crippen molar-refractivity contribution in [3.05, 3.63) is 157 Å². The van der Waals surface area contributed by atoms with Gasteiger partial charge in [0, 0.05) is 0 Å². The van der Waals surface area contributed by atoms with E-state index >= 15 is 0 Å². The van der Waals surface area contributed by atoms with Crippen molar-refractivity contribution < 1.29 is 0 Å². The molecule has 1 aromatic heterocycles. The van der Waals surface area contributed by atoms with Gasteiger partial charge in [-0.2, -0.15) is 0 Å². The number of rotatable bonds is 7. The normalized spacial score (nSPS) is 14.5. The fourth-order valence-electron chi connectivity index (χ4n) is 6.29. The predicted octanol–water partition coefficient (Wildman–Crippen LogP) is 9.12. The summed E-state index contributed by atoms with van der Waals surface area (Å²) in [6.07, 6.45) is 3.25. The number of pyridine rings is 1. The van der Waals surface area contributed by atoms with Crippen LogP contribution in [0.5, 0.6) is 0 Å². The summed E-state index contributed by atoms with van der Waals surface area (Å²) in [5.41, 5.74) is 6.31. The summed E-state index contributed by atoms with van der Waals surface area (Å²) in [6, 6.07) is 53.0. The molecule has 0 spiro atoms. The van der Waals surface area contributed by atoms with Crippen LogP contribution in [0.3, 0.4) is 0 Å². The van der Waals surface area contributed by atoms with Crippen LogP contribution in [0.2, 0.25) is 0 Å². The second-order valence-corrected chi connectivity index (χ2v) is 19.8. The molecule has 1 saturated carbocycles. The van der Waals surface area contributed by atoms with E-state index in [0.29, 0.717) is 5.92 Å². The number of benzene rings is 5. The Morgan fingerprint density at radius 1 is 0.575 bits per heavy atom. The zero-order valence-corrected chi connectivity index (χ0v) is 24.8. The molecule has 0 saturated heterocycles. The van der Waals surface area contributed by atoms with Gasteiger partial charge in [0.1, 0.15) is 0 Å². The molecule has 0 unspecified atom stereocenters. The minimum absolute atomic E-state index is 0.505. The van der Waals surface area contributed by atoms with Crippen LogP contribution < -0.4 is 15.9 Å². The van der Waals surface area contributed by atoms with E-state index in [1.165, 1.54) is 56.5 Å². The first kappa shape index (κ1) is 25.4. The van der Waals surface area contributed by atoms with E-state index in [2.05, 4.69) is 146 Å². The van der Waals surface area contributed by atoms with Crippen LogP contribution in [-0.2, 0) is 6.16 Å². The van der Waals surface area contributed by atoms with Crippen molar-refractivity contribution in [1.82, 2.24) is 4.98 Å². The summed E-state index contributed by atoms with van der Waals surface area (Å²) in [5, 5.41) is 2.00. The first-order chi connectivity index (χ1) is 19.7. The van der Waals surface area contributed by atoms with Crippen molar-refractivity contribution in [2.24, 2.45) is 0 Å². The Morgan fingerprint density at radius 3 is 1.52 bits per heavy atom. The van der Waals surface area contributed by atoms with E-state index in [-0.39, 0.29) is 0 Å². The number of hydrogen-bond acceptors (Lipinski definition) is 1. The van der Waals surface area contributed by atoms with Crippen LogP contribution in [0.15, 0.2) is 146 Å². The Balaban J connectivity index is 1.63. The molecule has 7 rings (SSSR count). The van der Waals surface area contributed by atoms with Gasteiger partial charge in [-0.15, -0.1) is 0 Å². The molecule has 0 N–H and O–H groups in total. The van der Waals surface area contributed by atoms with Crippen molar-refractivity contribution in [1.29, 1.82) is 0 Å². The molecular weight excluding hydrogens is 569 g/mol. The second kappa shape index (κ2) is 10.1. The maximum atomic E-state index is 5.42. The summed E-state index contributed by atoms with van der Waals surface area (Å²) in [5.74, 6) is 0.505. The molecule has 3 heteroatoms. The zero-order chi connectivity index (χ0) is 27.0. The molecule has 0 aliphatic heterocycles. The molecule has 196 valence electrons. The summed E-state index contributed by atoms with van der Waals surface area (Å²) < 4.78 is 0. The van der Waals surface area contributed by atoms with Gasteiger partial charge in [-0.1, -0.05) is 0 Å². The molecule has 40 heavy (non-hydrogen) atoms. The number of fused-ring (bicyclic) bond motifs is 1. The summed E-state index contributed by atoms with van der Waals surface area (Å²) in [7, 11) is 0. The van der Waals surface area contributed by atoms with Crippen LogP contribution in [0, 0.1) is 0 Å². The third-order valence-corrected chi connectivity index (χ3v) is 17.9. The fourth-order valence-corrected chi connectivity index (χ4v) is 13.9. The van der Waals surface area contributed by atoms with Gasteiger partial charge in [0.2, 0.25) is 0 Å². The van der Waals surface area contributed by atoms with Gasteiger partial charge in [-0.25, -0.2) is 0 Å². The van der Waals surface area contributed by atoms with E-state index in [1.54, 1.807) is 0 Å². The van der Waals surface area contributed by atoms with E-state index in [4.69, 9.17) is 20.5 Å². The molecule has 1 fully saturated rings. The van der Waals surface area contributed by atoms with Gasteiger partial charge >= 0.3 is 245 Å². The summed E-state index contributed by atoms with van der Waals surface area (Å²) >= 11 is 4.73. The first-order valence-corrected chi connectivity index (χ1v) is 18.5. The van der Waals surface area contributed by atoms with Crippen LogP contribution in [-0.4, -0.2) is 4.98 Å². The van der Waals surface area contributed by atoms with E-state index in [0.717, 1.165) is 11.7 Å². The topological polar surface area (TPSA) is 12.9 Å². The molecule has 0 radical (unpaired) electrons. The number of nitrogens with zero attached hydrogens (tertiary/aromatic N) is 1. The number of para-hydroxylation sites is 1. The quantitative estimate of drug-likeness (QED) is 0.167. The first-order valence-electron chi connectivity index (χ1n) is 14.0. The Labute approximate surface area is 244 Å². The van der Waals surface area contributed by atoms with Gasteiger partial charge in [0.15, 0.2) is 0 Å². The van der Waals surface area contributed by atoms with Crippen molar-refractivity contribution >= 4 is 47.6 Å². The molecule has 1 nitrogen and oxygen atoms in total. The Kier molecular flexibility index (Phi) is 6.42. The Hall–Kier alpha value is -3.58. The summed E-state index contributed by atoms with van der Waals surface area (Å²) in [6.45, 7) is 0. The van der Waals surface area contributed by atoms with Crippen LogP contribution >= 0.6 is 20.8 Å². The molecule has 1 heterocycles. The number of hydrogen-bond donors (Lipinski definition) is 0. The standard InChI is InChI=1S/C37H31BrNP/c38-40(30-17-7-2-8-18-30,31-19-9-3-10-20-31,32-21-11-4-12-22-32)27-34-36(28-15-5-1-6-16-28)33-23-13-14-24-35(33)39-37(34)29-25-26-29/h1-24,29H,25-27H2. The number of halogens is 1. The monoisotopic (exact) mass is 599 g/mol. The van der Waals surface area contributed by atoms with E-state index < -0.39 is 5.31 Å². The van der Waals surface area contributed by atoms with Crippen molar-refractivity contribution in [3.63, 3.8) is 0 Å². The molecular formula is C37H31BrNP. The average molecular weight is 601 g/mol. The molecule has 1 aliphatic carbocycles. The third-order valence-electron chi connectivity index (χ3n) is 8.39. The Bertz CT molecular complexity index is 1680. The van der Waals surface area contributed by atoms with Crippen molar-refractivity contribution in [2.75, 3.05) is 0 Å².